The molecule has 0 spiro atoms. The Morgan fingerprint density at radius 1 is 1.44 bits per heavy atom. The van der Waals surface area contributed by atoms with Crippen LogP contribution in [-0.2, 0) is 5.54 Å². The lowest BCUT2D eigenvalue weighted by Gasteiger charge is -2.20. The molecule has 0 aliphatic heterocycles. The number of aromatic nitrogens is 2. The molecule has 4 heteroatoms. The maximum absolute atomic E-state index is 9.53. The normalized spacial score (nSPS) is 26.2. The number of aliphatic hydroxyl groups is 1. The van der Waals surface area contributed by atoms with E-state index in [9.17, 15) is 5.11 Å². The number of nitrogens with two attached hydrogens (primary N) is 1. The van der Waals surface area contributed by atoms with Gasteiger partial charge in [-0.2, -0.15) is 5.10 Å². The molecule has 1 aliphatic rings. The van der Waals surface area contributed by atoms with Crippen LogP contribution in [0.5, 0.6) is 0 Å². The van der Waals surface area contributed by atoms with Crippen molar-refractivity contribution in [2.24, 2.45) is 0 Å². The third kappa shape index (κ3) is 2.07. The van der Waals surface area contributed by atoms with Crippen molar-refractivity contribution in [3.63, 3.8) is 0 Å². The van der Waals surface area contributed by atoms with Crippen LogP contribution in [-0.4, -0.2) is 21.0 Å². The van der Waals surface area contributed by atoms with Gasteiger partial charge in [0.1, 0.15) is 5.82 Å². The van der Waals surface area contributed by atoms with E-state index in [4.69, 9.17) is 5.73 Å². The average molecular weight is 223 g/mol. The van der Waals surface area contributed by atoms with Crippen molar-refractivity contribution in [2.75, 3.05) is 5.73 Å². The molecule has 4 nitrogen and oxygen atoms in total. The van der Waals surface area contributed by atoms with Gasteiger partial charge >= 0.3 is 0 Å². The molecule has 1 saturated carbocycles. The lowest BCUT2D eigenvalue weighted by Crippen LogP contribution is -2.24. The Balaban J connectivity index is 2.24. The molecule has 1 heterocycles. The molecule has 0 bridgehead atoms. The molecule has 1 fully saturated rings. The molecule has 1 aromatic heterocycles. The van der Waals surface area contributed by atoms with Gasteiger partial charge in [0.2, 0.25) is 0 Å². The van der Waals surface area contributed by atoms with Crippen molar-refractivity contribution in [1.29, 1.82) is 0 Å². The first-order valence-electron chi connectivity index (χ1n) is 5.92. The lowest BCUT2D eigenvalue weighted by molar-refractivity contribution is 0.181. The summed E-state index contributed by atoms with van der Waals surface area (Å²) in [5, 5.41) is 14.1. The standard InChI is InChI=1S/C12H21N3O/c1-12(2,3)15-11(13)7-10(14-15)8-4-5-9(16)6-8/h7-9,16H,4-6,13H2,1-3H3/t8?,9-/m0/s1. The van der Waals surface area contributed by atoms with E-state index >= 15 is 0 Å². The Bertz CT molecular complexity index is 378. The van der Waals surface area contributed by atoms with Crippen LogP contribution in [0.3, 0.4) is 0 Å². The summed E-state index contributed by atoms with van der Waals surface area (Å²) in [7, 11) is 0. The minimum Gasteiger partial charge on any atom is -0.393 e. The molecule has 0 radical (unpaired) electrons. The number of rotatable bonds is 1. The van der Waals surface area contributed by atoms with E-state index in [1.54, 1.807) is 0 Å². The molecule has 0 saturated heterocycles. The Morgan fingerprint density at radius 3 is 2.56 bits per heavy atom. The first kappa shape index (κ1) is 11.5. The predicted octanol–water partition coefficient (Wildman–Crippen LogP) is 1.85. The Hall–Kier alpha value is -1.03. The molecule has 0 aromatic carbocycles. The average Bonchev–Trinajstić information content (AvgIpc) is 2.70. The second kappa shape index (κ2) is 3.77. The van der Waals surface area contributed by atoms with Gasteiger partial charge in [0.05, 0.1) is 17.3 Å². The van der Waals surface area contributed by atoms with Gasteiger partial charge < -0.3 is 10.8 Å². The summed E-state index contributed by atoms with van der Waals surface area (Å²) in [6.07, 6.45) is 2.56. The number of nitrogens with zero attached hydrogens (tertiary/aromatic N) is 2. The Labute approximate surface area is 96.5 Å². The van der Waals surface area contributed by atoms with Crippen molar-refractivity contribution in [2.45, 2.75) is 57.6 Å². The van der Waals surface area contributed by atoms with Crippen molar-refractivity contribution in [3.8, 4) is 0 Å². The van der Waals surface area contributed by atoms with Crippen LogP contribution in [0, 0.1) is 0 Å². The van der Waals surface area contributed by atoms with E-state index in [2.05, 4.69) is 25.9 Å². The fourth-order valence-electron chi connectivity index (χ4n) is 2.38. The smallest absolute Gasteiger partial charge is 0.122 e. The molecule has 2 atom stereocenters. The number of hydrogen-bond donors (Lipinski definition) is 2. The highest BCUT2D eigenvalue weighted by molar-refractivity contribution is 5.34. The van der Waals surface area contributed by atoms with Gasteiger partial charge in [0, 0.05) is 12.0 Å². The first-order valence-corrected chi connectivity index (χ1v) is 5.92. The third-order valence-electron chi connectivity index (χ3n) is 3.21. The zero-order chi connectivity index (χ0) is 11.9. The second-order valence-electron chi connectivity index (χ2n) is 5.74. The van der Waals surface area contributed by atoms with Crippen LogP contribution >= 0.6 is 0 Å². The summed E-state index contributed by atoms with van der Waals surface area (Å²) >= 11 is 0. The third-order valence-corrected chi connectivity index (χ3v) is 3.21. The summed E-state index contributed by atoms with van der Waals surface area (Å²) < 4.78 is 1.87. The fraction of sp³-hybridized carbons (Fsp3) is 0.750. The summed E-state index contributed by atoms with van der Waals surface area (Å²) in [5.41, 5.74) is 6.92. The molecule has 1 aromatic rings. The number of anilines is 1. The van der Waals surface area contributed by atoms with Gasteiger partial charge in [-0.25, -0.2) is 4.68 Å². The van der Waals surface area contributed by atoms with Gasteiger partial charge in [-0.05, 0) is 40.0 Å². The van der Waals surface area contributed by atoms with E-state index in [-0.39, 0.29) is 11.6 Å². The molecule has 2 rings (SSSR count). The van der Waals surface area contributed by atoms with E-state index in [1.165, 1.54) is 0 Å². The number of nitrogen functional groups attached to an aromatic ring is 1. The largest absolute Gasteiger partial charge is 0.393 e. The Morgan fingerprint density at radius 2 is 2.12 bits per heavy atom. The van der Waals surface area contributed by atoms with Gasteiger partial charge in [-0.1, -0.05) is 0 Å². The molecule has 3 N–H and O–H groups in total. The highest BCUT2D eigenvalue weighted by Crippen LogP contribution is 2.35. The van der Waals surface area contributed by atoms with Crippen LogP contribution in [0.25, 0.3) is 0 Å². The SMILES string of the molecule is CC(C)(C)n1nc(C2CC[C@H](O)C2)cc1N. The van der Waals surface area contributed by atoms with Gasteiger partial charge in [-0.3, -0.25) is 0 Å². The van der Waals surface area contributed by atoms with Crippen molar-refractivity contribution >= 4 is 5.82 Å². The molecule has 1 aliphatic carbocycles. The van der Waals surface area contributed by atoms with E-state index < -0.39 is 0 Å². The molecule has 90 valence electrons. The van der Waals surface area contributed by atoms with Gasteiger partial charge in [0.15, 0.2) is 0 Å². The maximum atomic E-state index is 9.53. The minimum atomic E-state index is -0.161. The van der Waals surface area contributed by atoms with Crippen molar-refractivity contribution in [3.05, 3.63) is 11.8 Å². The molecule has 1 unspecified atom stereocenters. The van der Waals surface area contributed by atoms with Gasteiger partial charge in [-0.15, -0.1) is 0 Å². The molecular formula is C12H21N3O. The highest BCUT2D eigenvalue weighted by atomic mass is 16.3. The Kier molecular flexibility index (Phi) is 2.70. The first-order chi connectivity index (χ1) is 7.38. The number of hydrogen-bond acceptors (Lipinski definition) is 3. The van der Waals surface area contributed by atoms with E-state index in [1.807, 2.05) is 10.7 Å². The topological polar surface area (TPSA) is 64.1 Å². The molecular weight excluding hydrogens is 202 g/mol. The monoisotopic (exact) mass is 223 g/mol. The van der Waals surface area contributed by atoms with Crippen molar-refractivity contribution < 1.29 is 5.11 Å². The quantitative estimate of drug-likeness (QED) is 0.763. The highest BCUT2D eigenvalue weighted by Gasteiger charge is 2.28. The summed E-state index contributed by atoms with van der Waals surface area (Å²) in [5.74, 6) is 1.09. The van der Waals surface area contributed by atoms with Crippen LogP contribution < -0.4 is 5.73 Å². The van der Waals surface area contributed by atoms with Crippen molar-refractivity contribution in [1.82, 2.24) is 9.78 Å². The molecule has 0 amide bonds. The summed E-state index contributed by atoms with van der Waals surface area (Å²) in [6.45, 7) is 6.26. The van der Waals surface area contributed by atoms with E-state index in [0.29, 0.717) is 11.7 Å². The number of aliphatic hydroxyl groups excluding tert-OH is 1. The second-order valence-corrected chi connectivity index (χ2v) is 5.74. The fourth-order valence-corrected chi connectivity index (χ4v) is 2.38. The maximum Gasteiger partial charge on any atom is 0.122 e. The zero-order valence-electron chi connectivity index (χ0n) is 10.3. The minimum absolute atomic E-state index is 0.0838. The summed E-state index contributed by atoms with van der Waals surface area (Å²) in [6, 6.07) is 1.95. The van der Waals surface area contributed by atoms with Gasteiger partial charge in [0.25, 0.3) is 0 Å². The van der Waals surface area contributed by atoms with Crippen LogP contribution in [0.4, 0.5) is 5.82 Å². The van der Waals surface area contributed by atoms with Crippen LogP contribution in [0.1, 0.15) is 51.6 Å². The lowest BCUT2D eigenvalue weighted by atomic mass is 10.0. The zero-order valence-corrected chi connectivity index (χ0v) is 10.3. The van der Waals surface area contributed by atoms with Crippen LogP contribution in [0.2, 0.25) is 0 Å². The van der Waals surface area contributed by atoms with E-state index in [0.717, 1.165) is 25.0 Å². The van der Waals surface area contributed by atoms with Crippen LogP contribution in [0.15, 0.2) is 6.07 Å². The predicted molar refractivity (Wildman–Crippen MR) is 64.2 cm³/mol. The summed E-state index contributed by atoms with van der Waals surface area (Å²) in [4.78, 5) is 0. The molecule has 16 heavy (non-hydrogen) atoms.